The van der Waals surface area contributed by atoms with Crippen molar-refractivity contribution in [2.45, 2.75) is 6.54 Å². The smallest absolute Gasteiger partial charge is 0.274 e. The van der Waals surface area contributed by atoms with Gasteiger partial charge < -0.3 is 10.3 Å². The first kappa shape index (κ1) is 13.8. The van der Waals surface area contributed by atoms with Gasteiger partial charge in [-0.15, -0.1) is 0 Å². The summed E-state index contributed by atoms with van der Waals surface area (Å²) in [7, 11) is 0. The molecule has 0 aliphatic heterocycles. The Hall–Kier alpha value is -2.67. The van der Waals surface area contributed by atoms with Crippen LogP contribution in [0.5, 0.6) is 0 Å². The summed E-state index contributed by atoms with van der Waals surface area (Å²) in [6.07, 6.45) is 1.09. The van der Waals surface area contributed by atoms with Gasteiger partial charge in [-0.3, -0.25) is 14.8 Å². The third-order valence-electron chi connectivity index (χ3n) is 2.66. The fraction of sp³-hybridized carbons (Fsp3) is 0.0769. The number of carbonyl (C=O) groups is 2. The lowest BCUT2D eigenvalue weighted by molar-refractivity contribution is 0.0706. The molecule has 2 amide bonds. The summed E-state index contributed by atoms with van der Waals surface area (Å²) in [4.78, 5) is 25.3. The highest BCUT2D eigenvalue weighted by atomic mass is 19.1. The minimum absolute atomic E-state index is 0.138. The molecule has 1 aromatic carbocycles. The van der Waals surface area contributed by atoms with E-state index in [1.807, 2.05) is 0 Å². The van der Waals surface area contributed by atoms with Crippen LogP contribution in [0.3, 0.4) is 0 Å². The van der Waals surface area contributed by atoms with Crippen LogP contribution in [0, 0.1) is 5.82 Å². The van der Waals surface area contributed by atoms with Gasteiger partial charge in [0.05, 0.1) is 0 Å². The molecule has 0 spiro atoms. The van der Waals surface area contributed by atoms with Crippen molar-refractivity contribution in [3.63, 3.8) is 0 Å². The molecule has 2 aromatic rings. The lowest BCUT2D eigenvalue weighted by Crippen LogP contribution is -2.23. The predicted octanol–water partition coefficient (Wildman–Crippen LogP) is 1.20. The van der Waals surface area contributed by atoms with Gasteiger partial charge in [-0.25, -0.2) is 9.87 Å². The van der Waals surface area contributed by atoms with Crippen molar-refractivity contribution in [3.8, 4) is 0 Å². The highest BCUT2D eigenvalue weighted by Crippen LogP contribution is 2.05. The zero-order chi connectivity index (χ0) is 14.5. The molecule has 0 aliphatic carbocycles. The number of hydroxylamine groups is 1. The zero-order valence-corrected chi connectivity index (χ0v) is 10.3. The highest BCUT2D eigenvalue weighted by molar-refractivity contribution is 5.93. The normalized spacial score (nSPS) is 10.1. The van der Waals surface area contributed by atoms with Gasteiger partial charge in [0.25, 0.3) is 11.8 Å². The summed E-state index contributed by atoms with van der Waals surface area (Å²) in [6, 6.07) is 7.41. The van der Waals surface area contributed by atoms with Crippen LogP contribution in [0.4, 0.5) is 4.39 Å². The average molecular weight is 277 g/mol. The van der Waals surface area contributed by atoms with Gasteiger partial charge in [-0.05, 0) is 17.7 Å². The molecule has 0 atom stereocenters. The quantitative estimate of drug-likeness (QED) is 0.499. The Labute approximate surface area is 113 Å². The van der Waals surface area contributed by atoms with Crippen molar-refractivity contribution in [1.29, 1.82) is 0 Å². The zero-order valence-electron chi connectivity index (χ0n) is 10.3. The minimum Gasteiger partial charge on any atom is -0.355 e. The molecule has 4 N–H and O–H groups in total. The van der Waals surface area contributed by atoms with E-state index < -0.39 is 17.6 Å². The number of halogens is 1. The average Bonchev–Trinajstić information content (AvgIpc) is 2.91. The van der Waals surface area contributed by atoms with Gasteiger partial charge in [0.2, 0.25) is 0 Å². The topological polar surface area (TPSA) is 94.2 Å². The second kappa shape index (κ2) is 5.98. The molecule has 6 nitrogen and oxygen atoms in total. The second-order valence-corrected chi connectivity index (χ2v) is 4.05. The van der Waals surface area contributed by atoms with Crippen LogP contribution in [0.25, 0.3) is 0 Å². The fourth-order valence-corrected chi connectivity index (χ4v) is 1.62. The highest BCUT2D eigenvalue weighted by Gasteiger charge is 2.08. The summed E-state index contributed by atoms with van der Waals surface area (Å²) in [5.41, 5.74) is 2.73. The Balaban J connectivity index is 1.94. The molecule has 20 heavy (non-hydrogen) atoms. The van der Waals surface area contributed by atoms with E-state index in [2.05, 4.69) is 10.3 Å². The number of carbonyl (C=O) groups excluding carboxylic acids is 2. The van der Waals surface area contributed by atoms with Gasteiger partial charge in [0.15, 0.2) is 0 Å². The number of hydrogen-bond acceptors (Lipinski definition) is 3. The molecule has 0 fully saturated rings. The van der Waals surface area contributed by atoms with E-state index >= 15 is 0 Å². The Morgan fingerprint density at radius 3 is 2.45 bits per heavy atom. The van der Waals surface area contributed by atoms with Crippen LogP contribution >= 0.6 is 0 Å². The van der Waals surface area contributed by atoms with E-state index in [9.17, 15) is 14.0 Å². The maximum atomic E-state index is 12.7. The number of amides is 2. The Morgan fingerprint density at radius 2 is 1.90 bits per heavy atom. The fourth-order valence-electron chi connectivity index (χ4n) is 1.62. The number of H-pyrrole nitrogens is 1. The van der Waals surface area contributed by atoms with E-state index in [1.54, 1.807) is 12.1 Å². The van der Waals surface area contributed by atoms with E-state index in [4.69, 9.17) is 5.21 Å². The lowest BCUT2D eigenvalue weighted by atomic mass is 10.1. The van der Waals surface area contributed by atoms with Gasteiger partial charge in [-0.2, -0.15) is 0 Å². The van der Waals surface area contributed by atoms with E-state index in [0.29, 0.717) is 5.56 Å². The van der Waals surface area contributed by atoms with E-state index in [0.717, 1.165) is 17.8 Å². The molecule has 0 bridgehead atoms. The summed E-state index contributed by atoms with van der Waals surface area (Å²) >= 11 is 0. The van der Waals surface area contributed by atoms with Crippen molar-refractivity contribution in [1.82, 2.24) is 15.8 Å². The summed E-state index contributed by atoms with van der Waals surface area (Å²) in [5.74, 6) is -1.54. The monoisotopic (exact) mass is 277 g/mol. The maximum Gasteiger partial charge on any atom is 0.274 e. The van der Waals surface area contributed by atoms with Crippen molar-refractivity contribution in [3.05, 3.63) is 59.2 Å². The number of benzene rings is 1. The first-order valence-corrected chi connectivity index (χ1v) is 5.75. The molecule has 0 unspecified atom stereocenters. The number of aromatic amines is 1. The first-order valence-electron chi connectivity index (χ1n) is 5.75. The van der Waals surface area contributed by atoms with Gasteiger partial charge in [0, 0.05) is 24.4 Å². The van der Waals surface area contributed by atoms with Crippen LogP contribution in [0.2, 0.25) is 0 Å². The Bertz CT molecular complexity index is 622. The summed E-state index contributed by atoms with van der Waals surface area (Å²) in [6.45, 7) is 0.237. The largest absolute Gasteiger partial charge is 0.355 e. The lowest BCUT2D eigenvalue weighted by Gasteiger charge is -2.05. The molecule has 0 saturated carbocycles. The molecule has 104 valence electrons. The number of nitrogens with one attached hydrogen (secondary N) is 3. The predicted molar refractivity (Wildman–Crippen MR) is 67.6 cm³/mol. The van der Waals surface area contributed by atoms with Crippen molar-refractivity contribution in [2.75, 3.05) is 0 Å². The van der Waals surface area contributed by atoms with Gasteiger partial charge in [0.1, 0.15) is 11.5 Å². The molecular formula is C13H12FN3O3. The molecule has 0 saturated heterocycles. The standard InChI is InChI=1S/C13H12FN3O3/c14-10-5-11(15-7-10)13(19)16-6-8-1-3-9(4-2-8)12(18)17-20/h1-5,7,15,20H,6H2,(H,16,19)(H,17,18). The maximum absolute atomic E-state index is 12.7. The molecule has 1 heterocycles. The molecule has 1 aromatic heterocycles. The first-order chi connectivity index (χ1) is 9.60. The SMILES string of the molecule is O=C(NO)c1ccc(CNC(=O)c2cc(F)c[nH]2)cc1. The van der Waals surface area contributed by atoms with Crippen LogP contribution in [0.1, 0.15) is 26.4 Å². The van der Waals surface area contributed by atoms with Gasteiger partial charge >= 0.3 is 0 Å². The Kier molecular flexibility index (Phi) is 4.11. The minimum atomic E-state index is -0.609. The van der Waals surface area contributed by atoms with Crippen molar-refractivity contribution >= 4 is 11.8 Å². The summed E-state index contributed by atoms with van der Waals surface area (Å²) in [5, 5.41) is 11.1. The van der Waals surface area contributed by atoms with Crippen LogP contribution in [0.15, 0.2) is 36.5 Å². The van der Waals surface area contributed by atoms with Gasteiger partial charge in [-0.1, -0.05) is 12.1 Å². The Morgan fingerprint density at radius 1 is 1.20 bits per heavy atom. The van der Waals surface area contributed by atoms with E-state index in [-0.39, 0.29) is 12.2 Å². The van der Waals surface area contributed by atoms with Crippen LogP contribution in [-0.2, 0) is 6.54 Å². The third kappa shape index (κ3) is 3.21. The molecule has 0 aliphatic rings. The second-order valence-electron chi connectivity index (χ2n) is 4.05. The van der Waals surface area contributed by atoms with Crippen LogP contribution in [-0.4, -0.2) is 22.0 Å². The molecule has 0 radical (unpaired) electrons. The molecule has 7 heteroatoms. The molecule has 2 rings (SSSR count). The van der Waals surface area contributed by atoms with Crippen molar-refractivity contribution < 1.29 is 19.2 Å². The third-order valence-corrected chi connectivity index (χ3v) is 2.66. The molecular weight excluding hydrogens is 265 g/mol. The number of rotatable bonds is 4. The van der Waals surface area contributed by atoms with Crippen LogP contribution < -0.4 is 10.8 Å². The van der Waals surface area contributed by atoms with E-state index in [1.165, 1.54) is 17.6 Å². The number of aromatic nitrogens is 1. The summed E-state index contributed by atoms with van der Waals surface area (Å²) < 4.78 is 12.7. The number of hydrogen-bond donors (Lipinski definition) is 4. The van der Waals surface area contributed by atoms with Crippen molar-refractivity contribution in [2.24, 2.45) is 0 Å².